The summed E-state index contributed by atoms with van der Waals surface area (Å²) in [6.45, 7) is 0. The molecule has 2 rings (SSSR count). The normalized spacial score (nSPS) is 9.35. The number of nitrogens with two attached hydrogens (primary N) is 1. The summed E-state index contributed by atoms with van der Waals surface area (Å²) in [4.78, 5) is 0. The highest BCUT2D eigenvalue weighted by atomic mass is 16.5. The zero-order valence-electron chi connectivity index (χ0n) is 10.8. The molecule has 0 fully saturated rings. The van der Waals surface area contributed by atoms with E-state index in [1.165, 1.54) is 7.11 Å². The lowest BCUT2D eigenvalue weighted by Crippen LogP contribution is -1.93. The highest BCUT2D eigenvalue weighted by Gasteiger charge is 2.05. The van der Waals surface area contributed by atoms with E-state index in [2.05, 4.69) is 0 Å². The van der Waals surface area contributed by atoms with Crippen molar-refractivity contribution in [3.05, 3.63) is 47.5 Å². The first-order valence-corrected chi connectivity index (χ1v) is 5.73. The summed E-state index contributed by atoms with van der Waals surface area (Å²) >= 11 is 0. The number of nitrogen functional groups attached to an aromatic ring is 1. The molecule has 2 aromatic carbocycles. The van der Waals surface area contributed by atoms with E-state index < -0.39 is 0 Å². The van der Waals surface area contributed by atoms with Crippen LogP contribution in [0.4, 0.5) is 5.69 Å². The van der Waals surface area contributed by atoms with Crippen molar-refractivity contribution in [1.29, 1.82) is 10.5 Å². The van der Waals surface area contributed by atoms with Crippen LogP contribution in [0.5, 0.6) is 17.2 Å². The fourth-order valence-corrected chi connectivity index (χ4v) is 1.66. The van der Waals surface area contributed by atoms with Gasteiger partial charge < -0.3 is 15.2 Å². The first kappa shape index (κ1) is 13.3. The van der Waals surface area contributed by atoms with Gasteiger partial charge in [-0.3, -0.25) is 0 Å². The molecule has 2 aromatic rings. The van der Waals surface area contributed by atoms with Crippen LogP contribution in [0.1, 0.15) is 11.1 Å². The highest BCUT2D eigenvalue weighted by Crippen LogP contribution is 2.28. The van der Waals surface area contributed by atoms with E-state index >= 15 is 0 Å². The third-order valence-electron chi connectivity index (χ3n) is 2.62. The second-order valence-corrected chi connectivity index (χ2v) is 3.97. The minimum Gasteiger partial charge on any atom is -0.497 e. The van der Waals surface area contributed by atoms with E-state index in [4.69, 9.17) is 25.7 Å². The number of benzene rings is 2. The molecular weight excluding hydrogens is 254 g/mol. The average Bonchev–Trinajstić information content (AvgIpc) is 2.47. The monoisotopic (exact) mass is 265 g/mol. The number of ether oxygens (including phenoxy) is 2. The number of methoxy groups -OCH3 is 1. The Morgan fingerprint density at radius 3 is 2.30 bits per heavy atom. The molecule has 5 heteroatoms. The summed E-state index contributed by atoms with van der Waals surface area (Å²) in [6, 6.07) is 13.7. The molecule has 0 atom stereocenters. The van der Waals surface area contributed by atoms with Gasteiger partial charge in [0.15, 0.2) is 0 Å². The molecule has 0 aromatic heterocycles. The Hall–Kier alpha value is -3.18. The Labute approximate surface area is 116 Å². The number of rotatable bonds is 3. The Morgan fingerprint density at radius 1 is 0.950 bits per heavy atom. The van der Waals surface area contributed by atoms with Crippen molar-refractivity contribution in [2.75, 3.05) is 12.8 Å². The lowest BCUT2D eigenvalue weighted by Gasteiger charge is -2.09. The minimum absolute atomic E-state index is 0.341. The van der Waals surface area contributed by atoms with E-state index in [-0.39, 0.29) is 0 Å². The molecule has 0 aliphatic carbocycles. The smallest absolute Gasteiger partial charge is 0.132 e. The zero-order valence-corrected chi connectivity index (χ0v) is 10.8. The van der Waals surface area contributed by atoms with Gasteiger partial charge in [0.25, 0.3) is 0 Å². The van der Waals surface area contributed by atoms with Gasteiger partial charge in [-0.2, -0.15) is 10.5 Å². The molecule has 0 aliphatic heterocycles. The van der Waals surface area contributed by atoms with Crippen LogP contribution in [0.2, 0.25) is 0 Å². The van der Waals surface area contributed by atoms with Crippen molar-refractivity contribution < 1.29 is 9.47 Å². The van der Waals surface area contributed by atoms with Crippen molar-refractivity contribution in [3.63, 3.8) is 0 Å². The Balaban J connectivity index is 2.33. The number of nitrogens with zero attached hydrogens (tertiary/aromatic N) is 2. The third kappa shape index (κ3) is 2.80. The molecule has 0 aliphatic rings. The molecule has 0 amide bonds. The van der Waals surface area contributed by atoms with Crippen molar-refractivity contribution in [2.45, 2.75) is 0 Å². The predicted molar refractivity (Wildman–Crippen MR) is 73.4 cm³/mol. The van der Waals surface area contributed by atoms with Crippen LogP contribution in [-0.2, 0) is 0 Å². The third-order valence-corrected chi connectivity index (χ3v) is 2.62. The van der Waals surface area contributed by atoms with E-state index in [1.807, 2.05) is 12.1 Å². The Morgan fingerprint density at radius 2 is 1.70 bits per heavy atom. The molecule has 0 bridgehead atoms. The summed E-state index contributed by atoms with van der Waals surface area (Å²) in [5.74, 6) is 1.48. The lowest BCUT2D eigenvalue weighted by molar-refractivity contribution is 0.409. The van der Waals surface area contributed by atoms with Gasteiger partial charge in [0, 0.05) is 12.1 Å². The van der Waals surface area contributed by atoms with Gasteiger partial charge in [-0.15, -0.1) is 0 Å². The van der Waals surface area contributed by atoms with E-state index in [9.17, 15) is 0 Å². The molecule has 0 unspecified atom stereocenters. The van der Waals surface area contributed by atoms with E-state index in [0.29, 0.717) is 34.1 Å². The van der Waals surface area contributed by atoms with Crippen LogP contribution < -0.4 is 15.2 Å². The van der Waals surface area contributed by atoms with Crippen LogP contribution in [0.25, 0.3) is 0 Å². The predicted octanol–water partition coefficient (Wildman–Crippen LogP) is 2.81. The molecule has 0 heterocycles. The average molecular weight is 265 g/mol. The van der Waals surface area contributed by atoms with Crippen LogP contribution in [0.15, 0.2) is 36.4 Å². The topological polar surface area (TPSA) is 92.1 Å². The van der Waals surface area contributed by atoms with Gasteiger partial charge in [0.2, 0.25) is 0 Å². The quantitative estimate of drug-likeness (QED) is 0.861. The van der Waals surface area contributed by atoms with Crippen molar-refractivity contribution in [1.82, 2.24) is 0 Å². The molecule has 0 saturated carbocycles. The maximum absolute atomic E-state index is 8.94. The highest BCUT2D eigenvalue weighted by molar-refractivity contribution is 5.57. The van der Waals surface area contributed by atoms with Gasteiger partial charge in [-0.05, 0) is 24.3 Å². The van der Waals surface area contributed by atoms with Crippen molar-refractivity contribution in [2.24, 2.45) is 0 Å². The fourth-order valence-electron chi connectivity index (χ4n) is 1.66. The maximum Gasteiger partial charge on any atom is 0.132 e. The summed E-state index contributed by atoms with van der Waals surface area (Å²) in [5, 5.41) is 17.8. The summed E-state index contributed by atoms with van der Waals surface area (Å²) in [7, 11) is 1.51. The van der Waals surface area contributed by atoms with Gasteiger partial charge in [0.1, 0.15) is 23.3 Å². The number of hydrogen-bond donors (Lipinski definition) is 1. The molecule has 2 N–H and O–H groups in total. The van der Waals surface area contributed by atoms with Crippen molar-refractivity contribution >= 4 is 5.69 Å². The summed E-state index contributed by atoms with van der Waals surface area (Å²) in [5.41, 5.74) is 6.88. The number of anilines is 1. The first-order valence-electron chi connectivity index (χ1n) is 5.73. The molecular formula is C15H11N3O2. The number of hydrogen-bond acceptors (Lipinski definition) is 5. The fraction of sp³-hybridized carbons (Fsp3) is 0.0667. The maximum atomic E-state index is 8.94. The van der Waals surface area contributed by atoms with Gasteiger partial charge in [0.05, 0.1) is 30.0 Å². The number of nitriles is 2. The molecule has 98 valence electrons. The van der Waals surface area contributed by atoms with Crippen LogP contribution in [0, 0.1) is 22.7 Å². The minimum atomic E-state index is 0.341. The van der Waals surface area contributed by atoms with E-state index in [1.54, 1.807) is 36.4 Å². The lowest BCUT2D eigenvalue weighted by atomic mass is 10.2. The van der Waals surface area contributed by atoms with Gasteiger partial charge in [-0.25, -0.2) is 0 Å². The zero-order chi connectivity index (χ0) is 14.5. The van der Waals surface area contributed by atoms with E-state index in [0.717, 1.165) is 0 Å². The van der Waals surface area contributed by atoms with Crippen LogP contribution >= 0.6 is 0 Å². The van der Waals surface area contributed by atoms with Gasteiger partial charge in [-0.1, -0.05) is 0 Å². The van der Waals surface area contributed by atoms with Crippen molar-refractivity contribution in [3.8, 4) is 29.4 Å². The summed E-state index contributed by atoms with van der Waals surface area (Å²) < 4.78 is 10.7. The molecule has 0 radical (unpaired) electrons. The molecule has 5 nitrogen and oxygen atoms in total. The molecule has 20 heavy (non-hydrogen) atoms. The SMILES string of the molecule is COc1cc(C#N)cc(Oc2ccc(C#N)c(N)c2)c1. The standard InChI is InChI=1S/C15H11N3O2/c1-19-13-4-10(8-16)5-14(6-13)20-12-3-2-11(9-17)15(18)7-12/h2-7H,18H2,1H3. The molecule has 0 spiro atoms. The first-order chi connectivity index (χ1) is 9.66. The van der Waals surface area contributed by atoms with Crippen LogP contribution in [-0.4, -0.2) is 7.11 Å². The molecule has 0 saturated heterocycles. The second kappa shape index (κ2) is 5.64. The van der Waals surface area contributed by atoms with Gasteiger partial charge >= 0.3 is 0 Å². The Kier molecular flexibility index (Phi) is 3.74. The largest absolute Gasteiger partial charge is 0.497 e. The summed E-state index contributed by atoms with van der Waals surface area (Å²) in [6.07, 6.45) is 0. The second-order valence-electron chi connectivity index (χ2n) is 3.97. The van der Waals surface area contributed by atoms with Crippen LogP contribution in [0.3, 0.4) is 0 Å². The Bertz CT molecular complexity index is 727.